The molecule has 1 unspecified atom stereocenters. The SMILES string of the molecule is C=CC=C.Cc1ccc(C(=O)O)cc1.Cc1ccc(C(=O)OC[C@H]2CCC(O)S2)cc1.O=C(O)OCc1ccccc1. The Morgan fingerprint density at radius 3 is 1.76 bits per heavy atom. The second-order valence-electron chi connectivity index (χ2n) is 8.94. The zero-order valence-electron chi connectivity index (χ0n) is 23.8. The molecule has 1 fully saturated rings. The van der Waals surface area contributed by atoms with Crippen molar-refractivity contribution >= 4 is 29.9 Å². The number of aliphatic hydroxyl groups excluding tert-OH is 1. The van der Waals surface area contributed by atoms with Gasteiger partial charge in [0.25, 0.3) is 0 Å². The fourth-order valence-electron chi connectivity index (χ4n) is 3.17. The summed E-state index contributed by atoms with van der Waals surface area (Å²) in [6.45, 7) is 11.1. The van der Waals surface area contributed by atoms with E-state index in [9.17, 15) is 19.5 Å². The van der Waals surface area contributed by atoms with Gasteiger partial charge >= 0.3 is 18.1 Å². The molecule has 2 atom stereocenters. The molecule has 3 aromatic carbocycles. The van der Waals surface area contributed by atoms with E-state index >= 15 is 0 Å². The lowest BCUT2D eigenvalue weighted by Crippen LogP contribution is -2.14. The first-order valence-electron chi connectivity index (χ1n) is 13.1. The average molecular weight is 595 g/mol. The number of aromatic carboxylic acids is 1. The smallest absolute Gasteiger partial charge is 0.478 e. The van der Waals surface area contributed by atoms with E-state index in [4.69, 9.17) is 14.9 Å². The number of allylic oxidation sites excluding steroid dienone is 2. The van der Waals surface area contributed by atoms with Crippen LogP contribution >= 0.6 is 11.8 Å². The topological polar surface area (TPSA) is 130 Å². The van der Waals surface area contributed by atoms with Gasteiger partial charge in [-0.1, -0.05) is 91.0 Å². The van der Waals surface area contributed by atoms with Gasteiger partial charge in [-0.3, -0.25) is 0 Å². The van der Waals surface area contributed by atoms with Crippen molar-refractivity contribution in [2.24, 2.45) is 0 Å². The van der Waals surface area contributed by atoms with Gasteiger partial charge in [0.05, 0.1) is 16.6 Å². The number of benzene rings is 3. The molecule has 0 aliphatic carbocycles. The molecular weight excluding hydrogens is 556 g/mol. The van der Waals surface area contributed by atoms with Crippen LogP contribution in [0.5, 0.6) is 0 Å². The van der Waals surface area contributed by atoms with Gasteiger partial charge in [0, 0.05) is 5.25 Å². The highest BCUT2D eigenvalue weighted by molar-refractivity contribution is 8.00. The van der Waals surface area contributed by atoms with Crippen LogP contribution in [0, 0.1) is 13.8 Å². The number of carboxylic acid groups (broad SMARTS) is 2. The van der Waals surface area contributed by atoms with E-state index in [0.29, 0.717) is 17.7 Å². The van der Waals surface area contributed by atoms with E-state index in [1.54, 1.807) is 48.6 Å². The van der Waals surface area contributed by atoms with Crippen molar-refractivity contribution in [3.05, 3.63) is 132 Å². The summed E-state index contributed by atoms with van der Waals surface area (Å²) >= 11 is 1.48. The predicted octanol–water partition coefficient (Wildman–Crippen LogP) is 7.30. The minimum absolute atomic E-state index is 0.121. The number of rotatable bonds is 7. The van der Waals surface area contributed by atoms with Crippen LogP contribution in [-0.2, 0) is 16.1 Å². The van der Waals surface area contributed by atoms with Crippen LogP contribution in [0.3, 0.4) is 0 Å². The Kier molecular flexibility index (Phi) is 17.4. The summed E-state index contributed by atoms with van der Waals surface area (Å²) in [5.74, 6) is -1.16. The quantitative estimate of drug-likeness (QED) is 0.190. The van der Waals surface area contributed by atoms with E-state index in [2.05, 4.69) is 17.9 Å². The van der Waals surface area contributed by atoms with Gasteiger partial charge in [-0.05, 0) is 56.5 Å². The maximum atomic E-state index is 11.7. The van der Waals surface area contributed by atoms with Crippen molar-refractivity contribution < 1.29 is 39.2 Å². The average Bonchev–Trinajstić information content (AvgIpc) is 3.41. The molecule has 1 heterocycles. The van der Waals surface area contributed by atoms with E-state index in [-0.39, 0.29) is 23.3 Å². The first kappa shape index (κ1) is 35.7. The van der Waals surface area contributed by atoms with Crippen LogP contribution < -0.4 is 0 Å². The Morgan fingerprint density at radius 2 is 1.33 bits per heavy atom. The zero-order valence-corrected chi connectivity index (χ0v) is 24.7. The van der Waals surface area contributed by atoms with Gasteiger partial charge in [0.15, 0.2) is 0 Å². The molecule has 3 N–H and O–H groups in total. The molecule has 0 amide bonds. The van der Waals surface area contributed by atoms with Crippen molar-refractivity contribution in [1.29, 1.82) is 0 Å². The predicted molar refractivity (Wildman–Crippen MR) is 166 cm³/mol. The Hall–Kier alpha value is -4.34. The summed E-state index contributed by atoms with van der Waals surface area (Å²) < 4.78 is 9.57. The molecule has 0 spiro atoms. The highest BCUT2D eigenvalue weighted by atomic mass is 32.2. The summed E-state index contributed by atoms with van der Waals surface area (Å²) in [7, 11) is 0. The largest absolute Gasteiger partial charge is 0.506 e. The van der Waals surface area contributed by atoms with Crippen molar-refractivity contribution in [3.63, 3.8) is 0 Å². The number of esters is 1. The highest BCUT2D eigenvalue weighted by Gasteiger charge is 2.24. The fraction of sp³-hybridized carbons (Fsp3) is 0.242. The van der Waals surface area contributed by atoms with Gasteiger partial charge < -0.3 is 24.8 Å². The summed E-state index contributed by atoms with van der Waals surface area (Å²) in [6.07, 6.45) is 3.73. The second-order valence-corrected chi connectivity index (χ2v) is 10.4. The summed E-state index contributed by atoms with van der Waals surface area (Å²) in [6, 6.07) is 23.2. The molecule has 8 nitrogen and oxygen atoms in total. The lowest BCUT2D eigenvalue weighted by molar-refractivity contribution is 0.0505. The number of carbonyl (C=O) groups is 3. The molecule has 1 aliphatic rings. The molecule has 0 radical (unpaired) electrons. The molecule has 4 rings (SSSR count). The Morgan fingerprint density at radius 1 is 0.810 bits per heavy atom. The highest BCUT2D eigenvalue weighted by Crippen LogP contribution is 2.32. The molecule has 0 bridgehead atoms. The van der Waals surface area contributed by atoms with E-state index < -0.39 is 12.1 Å². The lowest BCUT2D eigenvalue weighted by atomic mass is 10.1. The number of carbonyl (C=O) groups excluding carboxylic acids is 1. The number of hydrogen-bond donors (Lipinski definition) is 3. The van der Waals surface area contributed by atoms with Crippen molar-refractivity contribution in [3.8, 4) is 0 Å². The minimum atomic E-state index is -1.24. The molecule has 42 heavy (non-hydrogen) atoms. The molecule has 1 saturated heterocycles. The van der Waals surface area contributed by atoms with Crippen molar-refractivity contribution in [2.75, 3.05) is 6.61 Å². The number of ether oxygens (including phenoxy) is 2. The molecule has 224 valence electrons. The molecule has 1 aliphatic heterocycles. The molecule has 9 heteroatoms. The van der Waals surface area contributed by atoms with Gasteiger partial charge in [-0.15, -0.1) is 11.8 Å². The second kappa shape index (κ2) is 20.5. The van der Waals surface area contributed by atoms with Crippen molar-refractivity contribution in [1.82, 2.24) is 0 Å². The fourth-order valence-corrected chi connectivity index (χ4v) is 4.30. The Bertz CT molecular complexity index is 1240. The third kappa shape index (κ3) is 16.1. The number of aryl methyl sites for hydroxylation is 2. The molecule has 0 aromatic heterocycles. The third-order valence-electron chi connectivity index (χ3n) is 5.44. The number of hydrogen-bond acceptors (Lipinski definition) is 7. The van der Waals surface area contributed by atoms with Gasteiger partial charge in [0.1, 0.15) is 13.2 Å². The van der Waals surface area contributed by atoms with Crippen molar-refractivity contribution in [2.45, 2.75) is 44.0 Å². The Labute approximate surface area is 251 Å². The summed E-state index contributed by atoms with van der Waals surface area (Å²) in [4.78, 5) is 32.0. The first-order chi connectivity index (χ1) is 20.0. The molecule has 0 saturated carbocycles. The van der Waals surface area contributed by atoms with Crippen LogP contribution in [0.1, 0.15) is 50.2 Å². The van der Waals surface area contributed by atoms with E-state index in [1.807, 2.05) is 56.3 Å². The van der Waals surface area contributed by atoms with Gasteiger partial charge in [-0.25, -0.2) is 14.4 Å². The van der Waals surface area contributed by atoms with E-state index in [0.717, 1.165) is 29.5 Å². The minimum Gasteiger partial charge on any atom is -0.478 e. The van der Waals surface area contributed by atoms with Crippen LogP contribution in [0.4, 0.5) is 4.79 Å². The monoisotopic (exact) mass is 594 g/mol. The van der Waals surface area contributed by atoms with Crippen LogP contribution in [0.15, 0.2) is 104 Å². The summed E-state index contributed by atoms with van der Waals surface area (Å²) in [5.41, 5.74) is 3.68. The van der Waals surface area contributed by atoms with E-state index in [1.165, 1.54) is 11.8 Å². The van der Waals surface area contributed by atoms with Gasteiger partial charge in [-0.2, -0.15) is 0 Å². The first-order valence-corrected chi connectivity index (χ1v) is 14.0. The number of thioether (sulfide) groups is 1. The zero-order chi connectivity index (χ0) is 31.3. The molecule has 3 aromatic rings. The standard InChI is InChI=1S/C13H16O3S.C8H8O3.C8H8O2.C4H6/c1-9-2-4-10(5-3-9)13(15)16-8-11-6-7-12(14)17-11;9-8(10)11-6-7-4-2-1-3-5-7;1-6-2-4-7(5-3-6)8(9)10;1-3-4-2/h2-5,11-12,14H,6-8H2,1H3;1-5H,6H2,(H,9,10);2-5H,1H3,(H,9,10);3-4H,1-2H2/t11-,12?;;;/m1.../s1. The molecular formula is C33H38O8S. The summed E-state index contributed by atoms with van der Waals surface area (Å²) in [5, 5.41) is 26.2. The number of carboxylic acids is 1. The van der Waals surface area contributed by atoms with Crippen LogP contribution in [0.2, 0.25) is 0 Å². The van der Waals surface area contributed by atoms with Crippen LogP contribution in [-0.4, -0.2) is 50.7 Å². The third-order valence-corrected chi connectivity index (χ3v) is 6.75. The Balaban J connectivity index is 0.000000308. The van der Waals surface area contributed by atoms with Crippen LogP contribution in [0.25, 0.3) is 0 Å². The number of aliphatic hydroxyl groups is 1. The normalized spacial score (nSPS) is 14.6. The maximum absolute atomic E-state index is 11.7. The van der Waals surface area contributed by atoms with Gasteiger partial charge in [0.2, 0.25) is 0 Å². The lowest BCUT2D eigenvalue weighted by Gasteiger charge is -2.10. The maximum Gasteiger partial charge on any atom is 0.506 e.